The van der Waals surface area contributed by atoms with E-state index in [0.29, 0.717) is 0 Å². The van der Waals surface area contributed by atoms with Gasteiger partial charge in [-0.1, -0.05) is 194 Å². The number of nitrogens with zero attached hydrogens (tertiary/aromatic N) is 2. The molecule has 61 heavy (non-hydrogen) atoms. The molecule has 0 amide bonds. The van der Waals surface area contributed by atoms with Crippen LogP contribution < -0.4 is 4.90 Å². The summed E-state index contributed by atoms with van der Waals surface area (Å²) in [5, 5.41) is 4.90. The zero-order valence-corrected chi connectivity index (χ0v) is 33.5. The largest absolute Gasteiger partial charge is 0.308 e. The quantitative estimate of drug-likeness (QED) is 0.156. The van der Waals surface area contributed by atoms with Gasteiger partial charge in [-0.15, -0.1) is 0 Å². The first kappa shape index (κ1) is 35.0. The van der Waals surface area contributed by atoms with E-state index < -0.39 is 5.41 Å². The lowest BCUT2D eigenvalue weighted by atomic mass is 9.68. The van der Waals surface area contributed by atoms with Crippen molar-refractivity contribution in [1.82, 2.24) is 4.57 Å². The lowest BCUT2D eigenvalue weighted by Gasteiger charge is -2.34. The molecular weight excluding hydrogens is 737 g/mol. The summed E-state index contributed by atoms with van der Waals surface area (Å²) in [6, 6.07) is 89.0. The number of benzene rings is 10. The Morgan fingerprint density at radius 2 is 0.885 bits per heavy atom. The Labute approximate surface area is 355 Å². The molecule has 0 radical (unpaired) electrons. The third-order valence-electron chi connectivity index (χ3n) is 12.8. The fraction of sp³-hybridized carbons (Fsp3) is 0.0169. The highest BCUT2D eigenvalue weighted by molar-refractivity contribution is 6.26. The Balaban J connectivity index is 1.15. The maximum absolute atomic E-state index is 2.51. The summed E-state index contributed by atoms with van der Waals surface area (Å²) >= 11 is 0. The van der Waals surface area contributed by atoms with Gasteiger partial charge in [0.15, 0.2) is 0 Å². The molecule has 0 saturated heterocycles. The number of aromatic nitrogens is 1. The third-order valence-corrected chi connectivity index (χ3v) is 12.8. The maximum Gasteiger partial charge on any atom is 0.0782 e. The fourth-order valence-corrected chi connectivity index (χ4v) is 10.4. The standard InChI is InChI=1S/C59H40N2/c1-5-20-41(21-6-1)52-40-42-22-13-14-29-48(42)58-56(52)51-32-19-35-55(57(51)61(58)46-27-11-4-12-28-46)60(45-25-9-3-10-26-45)47-38-36-44(37-39-47)59(43-23-7-2-8-24-43)53-33-17-15-30-49(53)50-31-16-18-34-54(50)59/h1-40H. The van der Waals surface area contributed by atoms with Crippen molar-refractivity contribution in [2.75, 3.05) is 4.90 Å². The number of anilines is 3. The lowest BCUT2D eigenvalue weighted by Crippen LogP contribution is -2.28. The van der Waals surface area contributed by atoms with E-state index in [9.17, 15) is 0 Å². The van der Waals surface area contributed by atoms with E-state index in [0.717, 1.165) is 28.3 Å². The number of para-hydroxylation sites is 3. The molecule has 0 N–H and O–H groups in total. The minimum absolute atomic E-state index is 0.473. The first-order valence-corrected chi connectivity index (χ1v) is 21.1. The number of hydrogen-bond donors (Lipinski definition) is 0. The molecular formula is C59H40N2. The van der Waals surface area contributed by atoms with Crippen molar-refractivity contribution in [3.63, 3.8) is 0 Å². The highest BCUT2D eigenvalue weighted by Gasteiger charge is 2.45. The number of fused-ring (bicyclic) bond motifs is 8. The second-order valence-electron chi connectivity index (χ2n) is 16.0. The first-order valence-electron chi connectivity index (χ1n) is 21.1. The van der Waals surface area contributed by atoms with Crippen molar-refractivity contribution in [3.8, 4) is 27.9 Å². The zero-order chi connectivity index (χ0) is 40.3. The van der Waals surface area contributed by atoms with Crippen LogP contribution in [-0.4, -0.2) is 4.57 Å². The fourth-order valence-electron chi connectivity index (χ4n) is 10.4. The number of hydrogen-bond acceptors (Lipinski definition) is 1. The van der Waals surface area contributed by atoms with Crippen LogP contribution >= 0.6 is 0 Å². The maximum atomic E-state index is 2.51. The molecule has 1 heterocycles. The molecule has 0 fully saturated rings. The third kappa shape index (κ3) is 5.29. The Bertz CT molecular complexity index is 3340. The Kier molecular flexibility index (Phi) is 8.11. The number of rotatable bonds is 7. The summed E-state index contributed by atoms with van der Waals surface area (Å²) in [4.78, 5) is 2.44. The lowest BCUT2D eigenvalue weighted by molar-refractivity contribution is 0.768. The van der Waals surface area contributed by atoms with Crippen LogP contribution in [0, 0.1) is 0 Å². The molecule has 12 rings (SSSR count). The van der Waals surface area contributed by atoms with Gasteiger partial charge in [0, 0.05) is 33.2 Å². The smallest absolute Gasteiger partial charge is 0.0782 e. The van der Waals surface area contributed by atoms with Crippen LogP contribution in [0.25, 0.3) is 60.5 Å². The normalized spacial score (nSPS) is 12.7. The molecule has 0 aliphatic heterocycles. The van der Waals surface area contributed by atoms with Crippen molar-refractivity contribution in [2.24, 2.45) is 0 Å². The highest BCUT2D eigenvalue weighted by atomic mass is 15.2. The van der Waals surface area contributed by atoms with Crippen LogP contribution in [-0.2, 0) is 5.41 Å². The molecule has 1 aliphatic carbocycles. The van der Waals surface area contributed by atoms with E-state index in [1.54, 1.807) is 0 Å². The summed E-state index contributed by atoms with van der Waals surface area (Å²) in [6.45, 7) is 0. The molecule has 0 bridgehead atoms. The average Bonchev–Trinajstić information content (AvgIpc) is 3.85. The SMILES string of the molecule is c1ccc(-c2cc3ccccc3c3c2c2cccc(N(c4ccccc4)c4ccc(C5(c6ccccc6)c6ccccc6-c6ccccc65)cc4)c2n3-c2ccccc2)cc1. The second kappa shape index (κ2) is 14.1. The van der Waals surface area contributed by atoms with Crippen LogP contribution in [0.5, 0.6) is 0 Å². The van der Waals surface area contributed by atoms with Gasteiger partial charge in [-0.2, -0.15) is 0 Å². The van der Waals surface area contributed by atoms with E-state index in [4.69, 9.17) is 0 Å². The molecule has 2 heteroatoms. The van der Waals surface area contributed by atoms with E-state index >= 15 is 0 Å². The predicted molar refractivity (Wildman–Crippen MR) is 256 cm³/mol. The zero-order valence-electron chi connectivity index (χ0n) is 33.5. The summed E-state index contributed by atoms with van der Waals surface area (Å²) in [5.41, 5.74) is 16.4. The molecule has 2 nitrogen and oxygen atoms in total. The monoisotopic (exact) mass is 776 g/mol. The van der Waals surface area contributed by atoms with Gasteiger partial charge < -0.3 is 9.47 Å². The molecule has 11 aromatic rings. The van der Waals surface area contributed by atoms with Crippen LogP contribution in [0.15, 0.2) is 243 Å². The van der Waals surface area contributed by atoms with Gasteiger partial charge in [0.05, 0.1) is 22.1 Å². The second-order valence-corrected chi connectivity index (χ2v) is 16.0. The molecule has 10 aromatic carbocycles. The van der Waals surface area contributed by atoms with Crippen LogP contribution in [0.1, 0.15) is 22.3 Å². The topological polar surface area (TPSA) is 8.17 Å². The van der Waals surface area contributed by atoms with Gasteiger partial charge >= 0.3 is 0 Å². The first-order chi connectivity index (χ1) is 30.3. The summed E-state index contributed by atoms with van der Waals surface area (Å²) < 4.78 is 2.51. The summed E-state index contributed by atoms with van der Waals surface area (Å²) in [7, 11) is 0. The van der Waals surface area contributed by atoms with Crippen molar-refractivity contribution < 1.29 is 0 Å². The summed E-state index contributed by atoms with van der Waals surface area (Å²) in [5.74, 6) is 0. The van der Waals surface area contributed by atoms with Gasteiger partial charge in [-0.3, -0.25) is 0 Å². The summed E-state index contributed by atoms with van der Waals surface area (Å²) in [6.07, 6.45) is 0. The van der Waals surface area contributed by atoms with Crippen molar-refractivity contribution in [3.05, 3.63) is 265 Å². The van der Waals surface area contributed by atoms with Gasteiger partial charge in [-0.05, 0) is 98.4 Å². The van der Waals surface area contributed by atoms with Gasteiger partial charge in [0.1, 0.15) is 0 Å². The Morgan fingerprint density at radius 1 is 0.361 bits per heavy atom. The molecule has 1 aliphatic rings. The van der Waals surface area contributed by atoms with Gasteiger partial charge in [0.2, 0.25) is 0 Å². The molecule has 0 saturated carbocycles. The average molecular weight is 777 g/mol. The predicted octanol–water partition coefficient (Wildman–Crippen LogP) is 15.4. The molecule has 0 atom stereocenters. The van der Waals surface area contributed by atoms with Crippen molar-refractivity contribution in [1.29, 1.82) is 0 Å². The van der Waals surface area contributed by atoms with Crippen LogP contribution in [0.4, 0.5) is 17.1 Å². The van der Waals surface area contributed by atoms with Crippen molar-refractivity contribution >= 4 is 49.6 Å². The molecule has 0 unspecified atom stereocenters. The molecule has 0 spiro atoms. The Morgan fingerprint density at radius 3 is 1.57 bits per heavy atom. The van der Waals surface area contributed by atoms with Crippen molar-refractivity contribution in [2.45, 2.75) is 5.41 Å². The molecule has 286 valence electrons. The van der Waals surface area contributed by atoms with E-state index in [1.165, 1.54) is 71.6 Å². The van der Waals surface area contributed by atoms with Gasteiger partial charge in [0.25, 0.3) is 0 Å². The Hall–Kier alpha value is -7.94. The van der Waals surface area contributed by atoms with E-state index in [2.05, 4.69) is 252 Å². The van der Waals surface area contributed by atoms with Gasteiger partial charge in [-0.25, -0.2) is 0 Å². The highest BCUT2D eigenvalue weighted by Crippen LogP contribution is 2.56. The minimum Gasteiger partial charge on any atom is -0.308 e. The van der Waals surface area contributed by atoms with Crippen LogP contribution in [0.2, 0.25) is 0 Å². The van der Waals surface area contributed by atoms with E-state index in [1.807, 2.05) is 0 Å². The van der Waals surface area contributed by atoms with E-state index in [-0.39, 0.29) is 0 Å². The molecule has 1 aromatic heterocycles. The minimum atomic E-state index is -0.473. The van der Waals surface area contributed by atoms with Crippen LogP contribution in [0.3, 0.4) is 0 Å².